The van der Waals surface area contributed by atoms with Gasteiger partial charge in [0.25, 0.3) is 11.1 Å². The zero-order valence-corrected chi connectivity index (χ0v) is 20.4. The molecule has 1 atom stereocenters. The van der Waals surface area contributed by atoms with E-state index in [-0.39, 0.29) is 33.7 Å². The summed E-state index contributed by atoms with van der Waals surface area (Å²) in [5.74, 6) is -0.383. The van der Waals surface area contributed by atoms with Gasteiger partial charge in [-0.05, 0) is 72.6 Å². The van der Waals surface area contributed by atoms with Gasteiger partial charge in [-0.1, -0.05) is 12.1 Å². The fraction of sp³-hybridized carbons (Fsp3) is 0.320. The van der Waals surface area contributed by atoms with Gasteiger partial charge in [-0.3, -0.25) is 19.2 Å². The monoisotopic (exact) mass is 554 g/mol. The number of aromatic nitrogens is 2. The fourth-order valence-corrected chi connectivity index (χ4v) is 5.43. The van der Waals surface area contributed by atoms with Crippen LogP contribution in [0.4, 0.5) is 31.1 Å². The largest absolute Gasteiger partial charge is 0.416 e. The predicted octanol–water partition coefficient (Wildman–Crippen LogP) is 5.91. The molecule has 0 saturated carbocycles. The molecule has 6 nitrogen and oxygen atoms in total. The molecule has 3 aromatic rings. The zero-order chi connectivity index (χ0) is 27.2. The number of hydrogen-bond acceptors (Lipinski definition) is 5. The van der Waals surface area contributed by atoms with Gasteiger partial charge in [0.05, 0.1) is 34.3 Å². The molecule has 2 aromatic carbocycles. The Morgan fingerprint density at radius 1 is 1.05 bits per heavy atom. The number of amides is 2. The SMILES string of the molecule is O=C1S/C(=C\c2ccc3c(cnn3Cc3ccc(C(F)(F)F)cc3C(F)(F)F)c2)C(=O)N1C[C@@H]1CCCN1. The molecule has 2 aliphatic heterocycles. The van der Waals surface area contributed by atoms with E-state index in [1.807, 2.05) is 0 Å². The van der Waals surface area contributed by atoms with Crippen LogP contribution in [0.2, 0.25) is 0 Å². The molecule has 2 fully saturated rings. The summed E-state index contributed by atoms with van der Waals surface area (Å²) >= 11 is 0.842. The molecule has 2 saturated heterocycles. The standard InChI is InChI=1S/C25H20F6N4O2S/c26-24(27,28)17-5-4-15(19(10-17)25(29,30)31)12-35-20-6-3-14(8-16(20)11-33-35)9-21-22(36)34(23(37)38-21)13-18-2-1-7-32-18/h3-6,8-11,18,32H,1-2,7,12-13H2/b21-9-/t18-/m0/s1. The third kappa shape index (κ3) is 5.30. The molecule has 3 heterocycles. The second-order valence-electron chi connectivity index (χ2n) is 9.07. The molecule has 0 radical (unpaired) electrons. The van der Waals surface area contributed by atoms with Crippen molar-refractivity contribution in [1.82, 2.24) is 20.0 Å². The molecular formula is C25H20F6N4O2S. The first-order chi connectivity index (χ1) is 17.9. The van der Waals surface area contributed by atoms with Crippen LogP contribution in [0.15, 0.2) is 47.5 Å². The van der Waals surface area contributed by atoms with E-state index in [1.165, 1.54) is 15.8 Å². The Bertz CT molecular complexity index is 1440. The van der Waals surface area contributed by atoms with Gasteiger partial charge >= 0.3 is 12.4 Å². The molecule has 13 heteroatoms. The lowest BCUT2D eigenvalue weighted by atomic mass is 10.0. The summed E-state index contributed by atoms with van der Waals surface area (Å²) < 4.78 is 80.8. The van der Waals surface area contributed by atoms with E-state index in [2.05, 4.69) is 10.4 Å². The Morgan fingerprint density at radius 2 is 1.84 bits per heavy atom. The van der Waals surface area contributed by atoms with Gasteiger partial charge in [-0.2, -0.15) is 31.4 Å². The Hall–Kier alpha value is -3.32. The van der Waals surface area contributed by atoms with Crippen molar-refractivity contribution in [2.75, 3.05) is 13.1 Å². The third-order valence-corrected chi connectivity index (χ3v) is 7.37. The average molecular weight is 555 g/mol. The maximum Gasteiger partial charge on any atom is 0.416 e. The lowest BCUT2D eigenvalue weighted by molar-refractivity contribution is -0.143. The van der Waals surface area contributed by atoms with Crippen LogP contribution in [0.1, 0.15) is 35.1 Å². The molecule has 38 heavy (non-hydrogen) atoms. The highest BCUT2D eigenvalue weighted by molar-refractivity contribution is 8.18. The number of carbonyl (C=O) groups is 2. The number of imide groups is 1. The number of benzene rings is 2. The summed E-state index contributed by atoms with van der Waals surface area (Å²) in [4.78, 5) is 26.7. The molecule has 0 aliphatic carbocycles. The van der Waals surface area contributed by atoms with Crippen LogP contribution in [-0.4, -0.2) is 45.0 Å². The van der Waals surface area contributed by atoms with Crippen molar-refractivity contribution < 1.29 is 35.9 Å². The molecule has 0 bridgehead atoms. The highest BCUT2D eigenvalue weighted by atomic mass is 32.2. The first kappa shape index (κ1) is 26.3. The van der Waals surface area contributed by atoms with E-state index >= 15 is 0 Å². The van der Waals surface area contributed by atoms with E-state index in [1.54, 1.807) is 24.3 Å². The topological polar surface area (TPSA) is 67.2 Å². The van der Waals surface area contributed by atoms with E-state index in [0.717, 1.165) is 37.2 Å². The number of rotatable bonds is 5. The van der Waals surface area contributed by atoms with Crippen molar-refractivity contribution >= 4 is 39.9 Å². The van der Waals surface area contributed by atoms with Gasteiger partial charge in [0.15, 0.2) is 0 Å². The van der Waals surface area contributed by atoms with Gasteiger partial charge < -0.3 is 5.32 Å². The number of alkyl halides is 6. The van der Waals surface area contributed by atoms with E-state index in [4.69, 9.17) is 0 Å². The summed E-state index contributed by atoms with van der Waals surface area (Å²) in [5, 5.41) is 7.58. The molecule has 0 unspecified atom stereocenters. The number of thioether (sulfide) groups is 1. The minimum atomic E-state index is -4.98. The molecule has 1 aromatic heterocycles. The molecule has 0 spiro atoms. The first-order valence-electron chi connectivity index (χ1n) is 11.6. The van der Waals surface area contributed by atoms with Crippen molar-refractivity contribution in [2.24, 2.45) is 0 Å². The molecular weight excluding hydrogens is 534 g/mol. The number of hydrogen-bond donors (Lipinski definition) is 1. The summed E-state index contributed by atoms with van der Waals surface area (Å²) in [6, 6.07) is 6.50. The summed E-state index contributed by atoms with van der Waals surface area (Å²) in [6.07, 6.45) is -5.03. The maximum atomic E-state index is 13.5. The number of fused-ring (bicyclic) bond motifs is 1. The van der Waals surface area contributed by atoms with E-state index in [0.29, 0.717) is 29.1 Å². The molecule has 2 aliphatic rings. The maximum absolute atomic E-state index is 13.5. The molecule has 200 valence electrons. The van der Waals surface area contributed by atoms with Gasteiger partial charge in [0.1, 0.15) is 0 Å². The minimum Gasteiger partial charge on any atom is -0.312 e. The highest BCUT2D eigenvalue weighted by Crippen LogP contribution is 2.38. The smallest absolute Gasteiger partial charge is 0.312 e. The summed E-state index contributed by atoms with van der Waals surface area (Å²) in [5.41, 5.74) is -2.07. The molecule has 5 rings (SSSR count). The lowest BCUT2D eigenvalue weighted by Crippen LogP contribution is -2.39. The number of nitrogens with zero attached hydrogens (tertiary/aromatic N) is 3. The van der Waals surface area contributed by atoms with Gasteiger partial charge in [-0.25, -0.2) is 0 Å². The Morgan fingerprint density at radius 3 is 2.53 bits per heavy atom. The van der Waals surface area contributed by atoms with Crippen LogP contribution in [0, 0.1) is 0 Å². The van der Waals surface area contributed by atoms with Crippen LogP contribution in [-0.2, 0) is 23.7 Å². The summed E-state index contributed by atoms with van der Waals surface area (Å²) in [6.45, 7) is 0.752. The lowest BCUT2D eigenvalue weighted by Gasteiger charge is -2.17. The fourth-order valence-electron chi connectivity index (χ4n) is 4.58. The Kier molecular flexibility index (Phi) is 6.76. The second kappa shape index (κ2) is 9.77. The quantitative estimate of drug-likeness (QED) is 0.314. The van der Waals surface area contributed by atoms with Gasteiger partial charge in [0.2, 0.25) is 0 Å². The first-order valence-corrected chi connectivity index (χ1v) is 12.4. The van der Waals surface area contributed by atoms with Crippen molar-refractivity contribution in [3.63, 3.8) is 0 Å². The highest BCUT2D eigenvalue weighted by Gasteiger charge is 2.39. The predicted molar refractivity (Wildman–Crippen MR) is 129 cm³/mol. The van der Waals surface area contributed by atoms with Crippen molar-refractivity contribution in [3.8, 4) is 0 Å². The van der Waals surface area contributed by atoms with Gasteiger partial charge in [-0.15, -0.1) is 0 Å². The Balaban J connectivity index is 1.38. The second-order valence-corrected chi connectivity index (χ2v) is 10.1. The van der Waals surface area contributed by atoms with Crippen molar-refractivity contribution in [2.45, 2.75) is 37.8 Å². The van der Waals surface area contributed by atoms with Crippen molar-refractivity contribution in [1.29, 1.82) is 0 Å². The van der Waals surface area contributed by atoms with E-state index in [9.17, 15) is 35.9 Å². The Labute approximate surface area is 216 Å². The molecule has 2 amide bonds. The minimum absolute atomic E-state index is 0.0765. The van der Waals surface area contributed by atoms with Crippen molar-refractivity contribution in [3.05, 3.63) is 69.8 Å². The normalized spacial score (nSPS) is 19.9. The average Bonchev–Trinajstić information content (AvgIpc) is 3.55. The molecule has 1 N–H and O–H groups in total. The number of halogens is 6. The van der Waals surface area contributed by atoms with Gasteiger partial charge in [0, 0.05) is 18.0 Å². The van der Waals surface area contributed by atoms with Crippen LogP contribution in [0.25, 0.3) is 17.0 Å². The van der Waals surface area contributed by atoms with Crippen LogP contribution in [0.5, 0.6) is 0 Å². The third-order valence-electron chi connectivity index (χ3n) is 6.47. The van der Waals surface area contributed by atoms with E-state index < -0.39 is 30.0 Å². The zero-order valence-electron chi connectivity index (χ0n) is 19.6. The number of carbonyl (C=O) groups excluding carboxylic acids is 2. The van der Waals surface area contributed by atoms with Crippen LogP contribution < -0.4 is 5.32 Å². The summed E-state index contributed by atoms with van der Waals surface area (Å²) in [7, 11) is 0. The number of nitrogens with one attached hydrogen (secondary N) is 1. The van der Waals surface area contributed by atoms with Crippen LogP contribution in [0.3, 0.4) is 0 Å². The van der Waals surface area contributed by atoms with Crippen LogP contribution >= 0.6 is 11.8 Å².